The predicted molar refractivity (Wildman–Crippen MR) is 85.4 cm³/mol. The predicted octanol–water partition coefficient (Wildman–Crippen LogP) is 3.45. The average molecular weight is 413 g/mol. The van der Waals surface area contributed by atoms with Gasteiger partial charge in [0.2, 0.25) is 0 Å². The molecule has 0 radical (unpaired) electrons. The standard InChI is InChI=1S/C13H9Cl2F3N4O2S/c1-2-25(23,24)11-9(5-19)21-22(12(11)20)10-7(14)3-6(4-8(10)15)13(16,17)18/h3-4H,2,20H2,1H3. The molecular weight excluding hydrogens is 404 g/mol. The summed E-state index contributed by atoms with van der Waals surface area (Å²) in [6.07, 6.45) is -4.68. The molecule has 2 rings (SSSR count). The van der Waals surface area contributed by atoms with Crippen molar-refractivity contribution in [1.82, 2.24) is 9.78 Å². The molecule has 25 heavy (non-hydrogen) atoms. The summed E-state index contributed by atoms with van der Waals surface area (Å²) in [6, 6.07) is 2.79. The van der Waals surface area contributed by atoms with Gasteiger partial charge < -0.3 is 5.73 Å². The van der Waals surface area contributed by atoms with Crippen LogP contribution < -0.4 is 5.73 Å². The van der Waals surface area contributed by atoms with Crippen LogP contribution >= 0.6 is 23.2 Å². The van der Waals surface area contributed by atoms with Gasteiger partial charge in [0.25, 0.3) is 0 Å². The van der Waals surface area contributed by atoms with Crippen LogP contribution in [-0.2, 0) is 16.0 Å². The molecule has 6 nitrogen and oxygen atoms in total. The maximum absolute atomic E-state index is 12.8. The van der Waals surface area contributed by atoms with Gasteiger partial charge in [-0.3, -0.25) is 0 Å². The van der Waals surface area contributed by atoms with Crippen molar-refractivity contribution in [2.24, 2.45) is 0 Å². The topological polar surface area (TPSA) is 102 Å². The van der Waals surface area contributed by atoms with Gasteiger partial charge in [-0.05, 0) is 12.1 Å². The van der Waals surface area contributed by atoms with Crippen molar-refractivity contribution < 1.29 is 21.6 Å². The molecule has 0 unspecified atom stereocenters. The van der Waals surface area contributed by atoms with Gasteiger partial charge in [-0.25, -0.2) is 13.1 Å². The molecule has 0 spiro atoms. The van der Waals surface area contributed by atoms with Crippen LogP contribution in [0.25, 0.3) is 5.69 Å². The van der Waals surface area contributed by atoms with Crippen molar-refractivity contribution in [3.63, 3.8) is 0 Å². The molecule has 1 aromatic carbocycles. The first-order valence-corrected chi connectivity index (χ1v) is 8.92. The number of hydrogen-bond acceptors (Lipinski definition) is 5. The van der Waals surface area contributed by atoms with Crippen LogP contribution in [0.4, 0.5) is 19.0 Å². The molecule has 0 amide bonds. The van der Waals surface area contributed by atoms with Crippen LogP contribution in [-0.4, -0.2) is 24.0 Å². The number of hydrogen-bond donors (Lipinski definition) is 1. The van der Waals surface area contributed by atoms with Crippen molar-refractivity contribution in [3.8, 4) is 11.8 Å². The number of nitrogen functional groups attached to an aromatic ring is 1. The molecule has 0 bridgehead atoms. The van der Waals surface area contributed by atoms with Gasteiger partial charge in [-0.1, -0.05) is 30.1 Å². The second-order valence-corrected chi connectivity index (χ2v) is 7.81. The Labute approximate surface area is 150 Å². The van der Waals surface area contributed by atoms with E-state index < -0.39 is 48.0 Å². The number of halogens is 5. The fraction of sp³-hybridized carbons (Fsp3) is 0.231. The van der Waals surface area contributed by atoms with Crippen LogP contribution in [0.15, 0.2) is 17.0 Å². The molecule has 0 atom stereocenters. The van der Waals surface area contributed by atoms with Gasteiger partial charge in [-0.2, -0.15) is 23.5 Å². The lowest BCUT2D eigenvalue weighted by Crippen LogP contribution is -2.10. The van der Waals surface area contributed by atoms with Crippen molar-refractivity contribution >= 4 is 38.9 Å². The number of rotatable bonds is 3. The second kappa shape index (κ2) is 6.40. The van der Waals surface area contributed by atoms with Gasteiger partial charge in [0.15, 0.2) is 15.5 Å². The maximum atomic E-state index is 12.8. The fourth-order valence-corrected chi connectivity index (χ4v) is 3.76. The van der Waals surface area contributed by atoms with E-state index in [0.29, 0.717) is 12.1 Å². The molecule has 12 heteroatoms. The largest absolute Gasteiger partial charge is 0.416 e. The Kier molecular flexibility index (Phi) is 4.96. The second-order valence-electron chi connectivity index (χ2n) is 4.78. The molecule has 0 aliphatic rings. The molecule has 0 fully saturated rings. The summed E-state index contributed by atoms with van der Waals surface area (Å²) in [5.41, 5.74) is 3.90. The number of nitriles is 1. The van der Waals surface area contributed by atoms with E-state index in [1.54, 1.807) is 6.07 Å². The minimum absolute atomic E-state index is 0.261. The number of aromatic nitrogens is 2. The third-order valence-electron chi connectivity index (χ3n) is 3.23. The highest BCUT2D eigenvalue weighted by atomic mass is 35.5. The molecule has 1 aromatic heterocycles. The van der Waals surface area contributed by atoms with Crippen LogP contribution in [0.5, 0.6) is 0 Å². The maximum Gasteiger partial charge on any atom is 0.416 e. The third kappa shape index (κ3) is 3.40. The van der Waals surface area contributed by atoms with E-state index in [4.69, 9.17) is 34.2 Å². The first kappa shape index (κ1) is 19.4. The van der Waals surface area contributed by atoms with E-state index >= 15 is 0 Å². The number of sulfone groups is 1. The number of nitrogens with zero attached hydrogens (tertiary/aromatic N) is 3. The third-order valence-corrected chi connectivity index (χ3v) is 5.59. The van der Waals surface area contributed by atoms with Crippen LogP contribution in [0.3, 0.4) is 0 Å². The van der Waals surface area contributed by atoms with Crippen molar-refractivity contribution in [1.29, 1.82) is 5.26 Å². The van der Waals surface area contributed by atoms with E-state index in [9.17, 15) is 21.6 Å². The van der Waals surface area contributed by atoms with Gasteiger partial charge in [0.05, 0.1) is 21.4 Å². The Morgan fingerprint density at radius 1 is 1.32 bits per heavy atom. The summed E-state index contributed by atoms with van der Waals surface area (Å²) < 4.78 is 63.3. The molecule has 0 saturated heterocycles. The monoisotopic (exact) mass is 412 g/mol. The summed E-state index contributed by atoms with van der Waals surface area (Å²) in [5.74, 6) is -0.826. The van der Waals surface area contributed by atoms with E-state index in [1.165, 1.54) is 6.92 Å². The van der Waals surface area contributed by atoms with Gasteiger partial charge >= 0.3 is 6.18 Å². The van der Waals surface area contributed by atoms with Crippen LogP contribution in [0, 0.1) is 11.3 Å². The van der Waals surface area contributed by atoms with E-state index in [2.05, 4.69) is 5.10 Å². The zero-order valence-electron chi connectivity index (χ0n) is 12.4. The number of anilines is 1. The molecule has 0 aliphatic heterocycles. The quantitative estimate of drug-likeness (QED) is 0.831. The molecule has 1 heterocycles. The van der Waals surface area contributed by atoms with Gasteiger partial charge in [-0.15, -0.1) is 0 Å². The van der Waals surface area contributed by atoms with Crippen LogP contribution in [0.2, 0.25) is 10.0 Å². The van der Waals surface area contributed by atoms with E-state index in [0.717, 1.165) is 4.68 Å². The summed E-state index contributed by atoms with van der Waals surface area (Å²) >= 11 is 11.7. The minimum Gasteiger partial charge on any atom is -0.382 e. The molecule has 0 aliphatic carbocycles. The molecule has 2 aromatic rings. The summed E-state index contributed by atoms with van der Waals surface area (Å²) in [4.78, 5) is -0.524. The Morgan fingerprint density at radius 2 is 1.84 bits per heavy atom. The molecule has 2 N–H and O–H groups in total. The zero-order chi connectivity index (χ0) is 19.2. The lowest BCUT2D eigenvalue weighted by atomic mass is 10.2. The normalized spacial score (nSPS) is 12.2. The molecular formula is C13H9Cl2F3N4O2S. The number of alkyl halides is 3. The lowest BCUT2D eigenvalue weighted by molar-refractivity contribution is -0.137. The Morgan fingerprint density at radius 3 is 2.24 bits per heavy atom. The molecule has 134 valence electrons. The highest BCUT2D eigenvalue weighted by Crippen LogP contribution is 2.39. The van der Waals surface area contributed by atoms with Crippen molar-refractivity contribution in [3.05, 3.63) is 33.4 Å². The highest BCUT2D eigenvalue weighted by Gasteiger charge is 2.33. The Balaban J connectivity index is 2.80. The number of nitrogens with two attached hydrogens (primary N) is 1. The first-order valence-electron chi connectivity index (χ1n) is 6.52. The summed E-state index contributed by atoms with van der Waals surface area (Å²) in [6.45, 7) is 1.34. The summed E-state index contributed by atoms with van der Waals surface area (Å²) in [5, 5.41) is 11.9. The fourth-order valence-electron chi connectivity index (χ4n) is 2.04. The van der Waals surface area contributed by atoms with Crippen LogP contribution in [0.1, 0.15) is 18.2 Å². The van der Waals surface area contributed by atoms with Crippen molar-refractivity contribution in [2.45, 2.75) is 18.0 Å². The first-order chi connectivity index (χ1) is 11.4. The minimum atomic E-state index is -4.68. The lowest BCUT2D eigenvalue weighted by Gasteiger charge is -2.13. The average Bonchev–Trinajstić information content (AvgIpc) is 2.83. The van der Waals surface area contributed by atoms with E-state index in [1.807, 2.05) is 0 Å². The molecule has 0 saturated carbocycles. The number of benzene rings is 1. The van der Waals surface area contributed by atoms with Crippen molar-refractivity contribution in [2.75, 3.05) is 11.5 Å². The highest BCUT2D eigenvalue weighted by molar-refractivity contribution is 7.91. The zero-order valence-corrected chi connectivity index (χ0v) is 14.7. The van der Waals surface area contributed by atoms with E-state index in [-0.39, 0.29) is 11.4 Å². The Hall–Kier alpha value is -1.96. The van der Waals surface area contributed by atoms with Gasteiger partial charge in [0.1, 0.15) is 22.5 Å². The SMILES string of the molecule is CCS(=O)(=O)c1c(C#N)nn(-c2c(Cl)cc(C(F)(F)F)cc2Cl)c1N. The van der Waals surface area contributed by atoms with Gasteiger partial charge in [0, 0.05) is 0 Å². The Bertz CT molecular complexity index is 971. The smallest absolute Gasteiger partial charge is 0.382 e. The summed E-state index contributed by atoms with van der Waals surface area (Å²) in [7, 11) is -3.91.